The number of benzene rings is 1. The molecule has 0 saturated carbocycles. The molecule has 2 aromatic heterocycles. The number of hydrogen-bond acceptors (Lipinski definition) is 4. The average molecular weight is 352 g/mol. The van der Waals surface area contributed by atoms with Crippen LogP contribution in [0.1, 0.15) is 10.6 Å². The zero-order valence-electron chi connectivity index (χ0n) is 13.3. The lowest BCUT2D eigenvalue weighted by Gasteiger charge is -2.11. The van der Waals surface area contributed by atoms with Crippen LogP contribution in [0, 0.1) is 0 Å². The van der Waals surface area contributed by atoms with Gasteiger partial charge in [-0.05, 0) is 41.8 Å². The molecule has 3 rings (SSSR count). The molecule has 0 fully saturated rings. The predicted molar refractivity (Wildman–Crippen MR) is 99.5 cm³/mol. The highest BCUT2D eigenvalue weighted by atomic mass is 32.1. The van der Waals surface area contributed by atoms with Gasteiger partial charge in [0.1, 0.15) is 5.76 Å². The Morgan fingerprint density at radius 1 is 1.00 bits per heavy atom. The number of rotatable bonds is 6. The first-order valence-corrected chi connectivity index (χ1v) is 8.52. The summed E-state index contributed by atoms with van der Waals surface area (Å²) in [6, 6.07) is 14.4. The van der Waals surface area contributed by atoms with Crippen LogP contribution in [0.3, 0.4) is 0 Å². The molecule has 0 aliphatic rings. The van der Waals surface area contributed by atoms with E-state index in [2.05, 4.69) is 10.6 Å². The summed E-state index contributed by atoms with van der Waals surface area (Å²) in [6.45, 7) is 0. The van der Waals surface area contributed by atoms with Gasteiger partial charge < -0.3 is 15.1 Å². The first-order valence-electron chi connectivity index (χ1n) is 7.64. The van der Waals surface area contributed by atoms with Crippen LogP contribution in [0.15, 0.2) is 70.7 Å². The lowest BCUT2D eigenvalue weighted by atomic mass is 10.2. The van der Waals surface area contributed by atoms with E-state index in [0.29, 0.717) is 23.6 Å². The molecule has 6 heteroatoms. The van der Waals surface area contributed by atoms with Crippen molar-refractivity contribution >= 4 is 40.6 Å². The van der Waals surface area contributed by atoms with Gasteiger partial charge >= 0.3 is 0 Å². The minimum Gasteiger partial charge on any atom is -0.465 e. The van der Waals surface area contributed by atoms with E-state index < -0.39 is 0 Å². The van der Waals surface area contributed by atoms with E-state index >= 15 is 0 Å². The SMILES string of the molecule is O=C(/C=C/c1ccco1)Nc1ccccc1NC(=O)Cc1cccs1. The summed E-state index contributed by atoms with van der Waals surface area (Å²) in [7, 11) is 0. The second-order valence-electron chi connectivity index (χ2n) is 5.19. The third-order valence-electron chi connectivity index (χ3n) is 3.32. The Morgan fingerprint density at radius 3 is 2.48 bits per heavy atom. The van der Waals surface area contributed by atoms with E-state index in [1.54, 1.807) is 42.5 Å². The fourth-order valence-electron chi connectivity index (χ4n) is 2.19. The van der Waals surface area contributed by atoms with Crippen LogP contribution in [-0.4, -0.2) is 11.8 Å². The zero-order chi connectivity index (χ0) is 17.5. The Hall–Kier alpha value is -3.12. The highest BCUT2D eigenvalue weighted by Gasteiger charge is 2.09. The van der Waals surface area contributed by atoms with Gasteiger partial charge in [-0.15, -0.1) is 11.3 Å². The quantitative estimate of drug-likeness (QED) is 0.654. The van der Waals surface area contributed by atoms with Gasteiger partial charge in [-0.25, -0.2) is 0 Å². The third-order valence-corrected chi connectivity index (χ3v) is 4.19. The Bertz CT molecular complexity index is 868. The van der Waals surface area contributed by atoms with E-state index in [0.717, 1.165) is 4.88 Å². The van der Waals surface area contributed by atoms with Crippen LogP contribution in [0.25, 0.3) is 6.08 Å². The highest BCUT2D eigenvalue weighted by Crippen LogP contribution is 2.21. The fraction of sp³-hybridized carbons (Fsp3) is 0.0526. The molecule has 2 heterocycles. The van der Waals surface area contributed by atoms with Gasteiger partial charge in [-0.1, -0.05) is 18.2 Å². The predicted octanol–water partition coefficient (Wildman–Crippen LogP) is 4.17. The topological polar surface area (TPSA) is 71.3 Å². The number of thiophene rings is 1. The van der Waals surface area contributed by atoms with Crippen molar-refractivity contribution in [2.24, 2.45) is 0 Å². The van der Waals surface area contributed by atoms with E-state index in [-0.39, 0.29) is 11.8 Å². The first-order chi connectivity index (χ1) is 12.2. The number of hydrogen-bond donors (Lipinski definition) is 2. The molecular formula is C19H16N2O3S. The molecular weight excluding hydrogens is 336 g/mol. The maximum atomic E-state index is 12.2. The van der Waals surface area contributed by atoms with Gasteiger partial charge in [-0.3, -0.25) is 9.59 Å². The number of carbonyl (C=O) groups is 2. The number of nitrogens with one attached hydrogen (secondary N) is 2. The summed E-state index contributed by atoms with van der Waals surface area (Å²) in [5, 5.41) is 7.52. The number of para-hydroxylation sites is 2. The van der Waals surface area contributed by atoms with E-state index in [1.807, 2.05) is 17.5 Å². The normalized spacial score (nSPS) is 10.7. The molecule has 1 aromatic carbocycles. The maximum absolute atomic E-state index is 12.2. The fourth-order valence-corrected chi connectivity index (χ4v) is 2.89. The van der Waals surface area contributed by atoms with Crippen molar-refractivity contribution in [1.29, 1.82) is 0 Å². The van der Waals surface area contributed by atoms with Crippen LogP contribution in [0.4, 0.5) is 11.4 Å². The molecule has 126 valence electrons. The Labute approximate surface area is 149 Å². The van der Waals surface area contributed by atoms with Gasteiger partial charge in [0.15, 0.2) is 0 Å². The molecule has 2 N–H and O–H groups in total. The summed E-state index contributed by atoms with van der Waals surface area (Å²) in [4.78, 5) is 25.2. The molecule has 0 aliphatic carbocycles. The largest absolute Gasteiger partial charge is 0.465 e. The number of carbonyl (C=O) groups excluding carboxylic acids is 2. The lowest BCUT2D eigenvalue weighted by molar-refractivity contribution is -0.115. The molecule has 0 spiro atoms. The molecule has 25 heavy (non-hydrogen) atoms. The van der Waals surface area contributed by atoms with E-state index in [4.69, 9.17) is 4.42 Å². The van der Waals surface area contributed by atoms with Crippen LogP contribution < -0.4 is 10.6 Å². The standard InChI is InChI=1S/C19H16N2O3S/c22-18(10-9-14-5-3-11-24-14)20-16-7-1-2-8-17(16)21-19(23)13-15-6-4-12-25-15/h1-12H,13H2,(H,20,22)(H,21,23)/b10-9+. The van der Waals surface area contributed by atoms with Gasteiger partial charge in [0.25, 0.3) is 0 Å². The molecule has 0 aliphatic heterocycles. The summed E-state index contributed by atoms with van der Waals surface area (Å²) < 4.78 is 5.14. The zero-order valence-corrected chi connectivity index (χ0v) is 14.1. The first kappa shape index (κ1) is 16.7. The molecule has 3 aromatic rings. The van der Waals surface area contributed by atoms with Crippen LogP contribution in [-0.2, 0) is 16.0 Å². The minimum atomic E-state index is -0.309. The molecule has 0 bridgehead atoms. The summed E-state index contributed by atoms with van der Waals surface area (Å²) in [5.74, 6) is 0.152. The summed E-state index contributed by atoms with van der Waals surface area (Å²) >= 11 is 1.53. The molecule has 2 amide bonds. The number of furan rings is 1. The van der Waals surface area contributed by atoms with Crippen LogP contribution in [0.5, 0.6) is 0 Å². The molecule has 0 unspecified atom stereocenters. The summed E-state index contributed by atoms with van der Waals surface area (Å²) in [6.07, 6.45) is 4.80. The Balaban J connectivity index is 1.64. The van der Waals surface area contributed by atoms with E-state index in [1.165, 1.54) is 23.7 Å². The second kappa shape index (κ2) is 8.12. The molecule has 0 saturated heterocycles. The maximum Gasteiger partial charge on any atom is 0.248 e. The Kier molecular flexibility index (Phi) is 5.43. The number of anilines is 2. The van der Waals surface area contributed by atoms with Crippen LogP contribution >= 0.6 is 11.3 Å². The van der Waals surface area contributed by atoms with Crippen molar-refractivity contribution in [2.75, 3.05) is 10.6 Å². The van der Waals surface area contributed by atoms with Crippen molar-refractivity contribution in [3.05, 3.63) is 76.9 Å². The van der Waals surface area contributed by atoms with Crippen molar-refractivity contribution in [1.82, 2.24) is 0 Å². The van der Waals surface area contributed by atoms with E-state index in [9.17, 15) is 9.59 Å². The Morgan fingerprint density at radius 2 is 1.80 bits per heavy atom. The summed E-state index contributed by atoms with van der Waals surface area (Å²) in [5.41, 5.74) is 1.10. The van der Waals surface area contributed by atoms with Gasteiger partial charge in [-0.2, -0.15) is 0 Å². The van der Waals surface area contributed by atoms with Gasteiger partial charge in [0, 0.05) is 11.0 Å². The van der Waals surface area contributed by atoms with Crippen molar-refractivity contribution < 1.29 is 14.0 Å². The second-order valence-corrected chi connectivity index (χ2v) is 6.22. The number of amides is 2. The lowest BCUT2D eigenvalue weighted by Crippen LogP contribution is -2.16. The highest BCUT2D eigenvalue weighted by molar-refractivity contribution is 7.10. The van der Waals surface area contributed by atoms with Gasteiger partial charge in [0.2, 0.25) is 11.8 Å². The minimum absolute atomic E-state index is 0.129. The van der Waals surface area contributed by atoms with Crippen molar-refractivity contribution in [3.8, 4) is 0 Å². The van der Waals surface area contributed by atoms with Crippen molar-refractivity contribution in [3.63, 3.8) is 0 Å². The molecule has 5 nitrogen and oxygen atoms in total. The smallest absolute Gasteiger partial charge is 0.248 e. The monoisotopic (exact) mass is 352 g/mol. The van der Waals surface area contributed by atoms with Gasteiger partial charge in [0.05, 0.1) is 24.1 Å². The average Bonchev–Trinajstić information content (AvgIpc) is 3.28. The van der Waals surface area contributed by atoms with Crippen molar-refractivity contribution in [2.45, 2.75) is 6.42 Å². The molecule has 0 atom stereocenters. The third kappa shape index (κ3) is 4.92. The van der Waals surface area contributed by atoms with Crippen LogP contribution in [0.2, 0.25) is 0 Å². The molecule has 0 radical (unpaired) electrons.